The number of nitrogens with zero attached hydrogens (tertiary/aromatic N) is 2. The molecule has 1 unspecified atom stereocenters. The van der Waals surface area contributed by atoms with Gasteiger partial charge in [0.25, 0.3) is 0 Å². The molecule has 0 radical (unpaired) electrons. The van der Waals surface area contributed by atoms with Crippen molar-refractivity contribution in [3.8, 4) is 0 Å². The van der Waals surface area contributed by atoms with E-state index in [9.17, 15) is 4.79 Å². The van der Waals surface area contributed by atoms with Crippen LogP contribution in [0, 0.1) is 6.92 Å². The highest BCUT2D eigenvalue weighted by Crippen LogP contribution is 2.13. The van der Waals surface area contributed by atoms with Crippen LogP contribution >= 0.6 is 23.4 Å². The molecule has 100 valence electrons. The van der Waals surface area contributed by atoms with Gasteiger partial charge >= 0.3 is 5.97 Å². The molecule has 0 aromatic carbocycles. The summed E-state index contributed by atoms with van der Waals surface area (Å²) in [7, 11) is 0. The van der Waals surface area contributed by atoms with Gasteiger partial charge in [-0.3, -0.25) is 0 Å². The maximum absolute atomic E-state index is 11.1. The highest BCUT2D eigenvalue weighted by Gasteiger charge is 2.17. The second-order valence-electron chi connectivity index (χ2n) is 3.68. The lowest BCUT2D eigenvalue weighted by atomic mass is 10.2. The highest BCUT2D eigenvalue weighted by atomic mass is 35.5. The molecule has 0 saturated heterocycles. The first-order chi connectivity index (χ1) is 8.52. The molecule has 0 saturated carbocycles. The molecule has 1 atom stereocenters. The van der Waals surface area contributed by atoms with Gasteiger partial charge in [-0.25, -0.2) is 14.8 Å². The van der Waals surface area contributed by atoms with E-state index in [1.165, 1.54) is 0 Å². The number of carboxylic acid groups (broad SMARTS) is 1. The zero-order valence-corrected chi connectivity index (χ0v) is 11.9. The van der Waals surface area contributed by atoms with Crippen LogP contribution in [0.25, 0.3) is 0 Å². The molecule has 2 N–H and O–H groups in total. The van der Waals surface area contributed by atoms with Crippen molar-refractivity contribution in [3.05, 3.63) is 17.0 Å². The number of aromatic nitrogens is 2. The Bertz CT molecular complexity index is 397. The predicted molar refractivity (Wildman–Crippen MR) is 74.4 cm³/mol. The van der Waals surface area contributed by atoms with Gasteiger partial charge in [0, 0.05) is 11.8 Å². The van der Waals surface area contributed by atoms with Gasteiger partial charge in [0.15, 0.2) is 0 Å². The Kier molecular flexibility index (Phi) is 6.21. The minimum atomic E-state index is -0.890. The summed E-state index contributed by atoms with van der Waals surface area (Å²) in [5, 5.41) is 12.1. The maximum Gasteiger partial charge on any atom is 0.326 e. The molecule has 0 aliphatic rings. The second-order valence-corrected chi connectivity index (χ2v) is 5.42. The first-order valence-electron chi connectivity index (χ1n) is 5.61. The molecule has 0 bridgehead atoms. The minimum Gasteiger partial charge on any atom is -0.480 e. The Morgan fingerprint density at radius 3 is 2.89 bits per heavy atom. The highest BCUT2D eigenvalue weighted by molar-refractivity contribution is 7.99. The monoisotopic (exact) mass is 289 g/mol. The van der Waals surface area contributed by atoms with Gasteiger partial charge in [-0.15, -0.1) is 0 Å². The lowest BCUT2D eigenvalue weighted by Gasteiger charge is -2.15. The number of carboxylic acids is 1. The zero-order valence-electron chi connectivity index (χ0n) is 10.3. The third kappa shape index (κ3) is 5.10. The molecule has 18 heavy (non-hydrogen) atoms. The largest absolute Gasteiger partial charge is 0.480 e. The van der Waals surface area contributed by atoms with E-state index in [0.29, 0.717) is 17.9 Å². The topological polar surface area (TPSA) is 75.1 Å². The molecule has 5 nitrogen and oxygen atoms in total. The quantitative estimate of drug-likeness (QED) is 0.593. The van der Waals surface area contributed by atoms with E-state index in [4.69, 9.17) is 16.7 Å². The summed E-state index contributed by atoms with van der Waals surface area (Å²) in [6, 6.07) is 1.02. The van der Waals surface area contributed by atoms with Crippen molar-refractivity contribution < 1.29 is 9.90 Å². The summed E-state index contributed by atoms with van der Waals surface area (Å²) in [4.78, 5) is 19.0. The average Bonchev–Trinajstić information content (AvgIpc) is 2.26. The number of rotatable bonds is 7. The summed E-state index contributed by atoms with van der Waals surface area (Å²) in [6.45, 7) is 3.82. The lowest BCUT2D eigenvalue weighted by molar-refractivity contribution is -0.137. The van der Waals surface area contributed by atoms with Crippen molar-refractivity contribution in [1.29, 1.82) is 0 Å². The molecule has 1 aromatic rings. The molecule has 0 aliphatic carbocycles. The molecule has 1 aromatic heterocycles. The van der Waals surface area contributed by atoms with Crippen molar-refractivity contribution in [2.75, 3.05) is 16.8 Å². The number of thioether (sulfide) groups is 1. The van der Waals surface area contributed by atoms with Crippen molar-refractivity contribution in [2.24, 2.45) is 0 Å². The van der Waals surface area contributed by atoms with Crippen LogP contribution in [-0.4, -0.2) is 38.6 Å². The maximum atomic E-state index is 11.1. The van der Waals surface area contributed by atoms with Gasteiger partial charge in [0.2, 0.25) is 5.28 Å². The van der Waals surface area contributed by atoms with E-state index in [2.05, 4.69) is 15.3 Å². The van der Waals surface area contributed by atoms with E-state index < -0.39 is 12.0 Å². The Morgan fingerprint density at radius 1 is 1.61 bits per heavy atom. The molecule has 1 heterocycles. The fourth-order valence-corrected chi connectivity index (χ4v) is 2.30. The van der Waals surface area contributed by atoms with Crippen molar-refractivity contribution in [2.45, 2.75) is 26.3 Å². The van der Waals surface area contributed by atoms with Crippen molar-refractivity contribution in [3.63, 3.8) is 0 Å². The number of anilines is 1. The number of hydrogen-bond donors (Lipinski definition) is 2. The molecule has 0 spiro atoms. The lowest BCUT2D eigenvalue weighted by Crippen LogP contribution is -2.30. The van der Waals surface area contributed by atoms with E-state index in [1.54, 1.807) is 24.8 Å². The molecule has 0 fully saturated rings. The number of nitrogens with one attached hydrogen (secondary N) is 1. The van der Waals surface area contributed by atoms with Gasteiger partial charge in [-0.2, -0.15) is 11.8 Å². The minimum absolute atomic E-state index is 0.115. The predicted octanol–water partition coefficient (Wildman–Crippen LogP) is 2.45. The van der Waals surface area contributed by atoms with Crippen molar-refractivity contribution in [1.82, 2.24) is 9.97 Å². The number of aryl methyl sites for hydroxylation is 1. The fourth-order valence-electron chi connectivity index (χ4n) is 1.39. The number of carbonyl (C=O) groups is 1. The van der Waals surface area contributed by atoms with Gasteiger partial charge in [0.1, 0.15) is 11.9 Å². The van der Waals surface area contributed by atoms with Crippen LogP contribution in [0.1, 0.15) is 19.0 Å². The molecule has 7 heteroatoms. The number of halogens is 1. The summed E-state index contributed by atoms with van der Waals surface area (Å²) < 4.78 is 0. The zero-order chi connectivity index (χ0) is 13.5. The van der Waals surface area contributed by atoms with Crippen LogP contribution in [0.2, 0.25) is 5.28 Å². The Balaban J connectivity index is 2.67. The van der Waals surface area contributed by atoms with E-state index in [1.807, 2.05) is 6.92 Å². The normalized spacial score (nSPS) is 12.2. The summed E-state index contributed by atoms with van der Waals surface area (Å²) in [5.74, 6) is 1.32. The molecule has 0 aliphatic heterocycles. The van der Waals surface area contributed by atoms with E-state index >= 15 is 0 Å². The number of aliphatic carboxylic acids is 1. The summed E-state index contributed by atoms with van der Waals surface area (Å²) in [5.41, 5.74) is 0.699. The van der Waals surface area contributed by atoms with Crippen LogP contribution in [-0.2, 0) is 4.79 Å². The van der Waals surface area contributed by atoms with E-state index in [0.717, 1.165) is 11.5 Å². The number of hydrogen-bond acceptors (Lipinski definition) is 5. The van der Waals surface area contributed by atoms with E-state index in [-0.39, 0.29) is 5.28 Å². The molecule has 0 amide bonds. The Labute approximate surface area is 115 Å². The standard InChI is InChI=1S/C11H16ClN3O2S/c1-3-18-5-4-8(10(16)17)14-9-6-7(2)13-11(12)15-9/h6,8H,3-5H2,1-2H3,(H,16,17)(H,13,14,15). The van der Waals surface area contributed by atoms with Crippen LogP contribution < -0.4 is 5.32 Å². The van der Waals surface area contributed by atoms with Crippen LogP contribution in [0.3, 0.4) is 0 Å². The first kappa shape index (κ1) is 15.0. The molecule has 1 rings (SSSR count). The van der Waals surface area contributed by atoms with Crippen LogP contribution in [0.4, 0.5) is 5.82 Å². The van der Waals surface area contributed by atoms with Gasteiger partial charge in [0.05, 0.1) is 0 Å². The molecular formula is C11H16ClN3O2S. The first-order valence-corrected chi connectivity index (χ1v) is 7.14. The summed E-state index contributed by atoms with van der Waals surface area (Å²) >= 11 is 7.43. The molecular weight excluding hydrogens is 274 g/mol. The van der Waals surface area contributed by atoms with Gasteiger partial charge in [-0.05, 0) is 36.5 Å². The van der Waals surface area contributed by atoms with Gasteiger partial charge < -0.3 is 10.4 Å². The fraction of sp³-hybridized carbons (Fsp3) is 0.545. The van der Waals surface area contributed by atoms with Crippen LogP contribution in [0.5, 0.6) is 0 Å². The second kappa shape index (κ2) is 7.43. The summed E-state index contributed by atoms with van der Waals surface area (Å²) in [6.07, 6.45) is 0.536. The average molecular weight is 290 g/mol. The third-order valence-electron chi connectivity index (χ3n) is 2.20. The van der Waals surface area contributed by atoms with Gasteiger partial charge in [-0.1, -0.05) is 6.92 Å². The smallest absolute Gasteiger partial charge is 0.326 e. The Morgan fingerprint density at radius 2 is 2.33 bits per heavy atom. The van der Waals surface area contributed by atoms with Crippen LogP contribution in [0.15, 0.2) is 6.07 Å². The van der Waals surface area contributed by atoms with Crippen molar-refractivity contribution >= 4 is 35.1 Å². The SMILES string of the molecule is CCSCCC(Nc1cc(C)nc(Cl)n1)C(=O)O. The Hall–Kier alpha value is -1.01. The third-order valence-corrected chi connectivity index (χ3v) is 3.30.